The number of halogens is 1. The van der Waals surface area contributed by atoms with Crippen LogP contribution in [0.5, 0.6) is 0 Å². The zero-order valence-corrected chi connectivity index (χ0v) is 16.0. The van der Waals surface area contributed by atoms with Gasteiger partial charge in [-0.25, -0.2) is 4.79 Å². The summed E-state index contributed by atoms with van der Waals surface area (Å²) in [5.74, 6) is -0.867. The van der Waals surface area contributed by atoms with Crippen LogP contribution in [0.2, 0.25) is 0 Å². The predicted molar refractivity (Wildman–Crippen MR) is 104 cm³/mol. The maximum atomic E-state index is 12.7. The number of aromatic amines is 1. The summed E-state index contributed by atoms with van der Waals surface area (Å²) in [6.45, 7) is 1.99. The highest BCUT2D eigenvalue weighted by atomic mass is 127. The molecule has 0 saturated heterocycles. The smallest absolute Gasteiger partial charge is 0.333 e. The molecule has 1 unspecified atom stereocenters. The van der Waals surface area contributed by atoms with Gasteiger partial charge < -0.3 is 15.0 Å². The van der Waals surface area contributed by atoms with Gasteiger partial charge in [-0.1, -0.05) is 30.3 Å². The van der Waals surface area contributed by atoms with Crippen molar-refractivity contribution in [1.82, 2.24) is 10.3 Å². The van der Waals surface area contributed by atoms with Gasteiger partial charge in [0.25, 0.3) is 5.91 Å². The molecule has 2 N–H and O–H groups in total. The zero-order chi connectivity index (χ0) is 18.0. The molecule has 1 amide bonds. The molecule has 6 heteroatoms. The normalized spacial score (nSPS) is 12.0. The molecule has 0 aliphatic heterocycles. The van der Waals surface area contributed by atoms with E-state index in [1.165, 1.54) is 7.11 Å². The molecule has 3 rings (SSSR count). The number of carbonyl (C=O) groups is 2. The summed E-state index contributed by atoms with van der Waals surface area (Å²) >= 11 is 2.13. The summed E-state index contributed by atoms with van der Waals surface area (Å²) in [4.78, 5) is 28.0. The second-order valence-electron chi connectivity index (χ2n) is 5.72. The molecule has 0 bridgehead atoms. The number of hydrogen-bond donors (Lipinski definition) is 2. The van der Waals surface area contributed by atoms with E-state index in [1.54, 1.807) is 12.1 Å². The molecule has 5 nitrogen and oxygen atoms in total. The van der Waals surface area contributed by atoms with Gasteiger partial charge in [0.2, 0.25) is 0 Å². The summed E-state index contributed by atoms with van der Waals surface area (Å²) in [5, 5.41) is 3.71. The first kappa shape index (κ1) is 17.5. The van der Waals surface area contributed by atoms with E-state index in [2.05, 4.69) is 32.9 Å². The summed E-state index contributed by atoms with van der Waals surface area (Å²) in [6, 6.07) is 14.2. The van der Waals surface area contributed by atoms with Crippen LogP contribution in [0.25, 0.3) is 10.9 Å². The number of esters is 1. The number of aryl methyl sites for hydroxylation is 1. The van der Waals surface area contributed by atoms with E-state index in [4.69, 9.17) is 4.74 Å². The van der Waals surface area contributed by atoms with Crippen molar-refractivity contribution < 1.29 is 14.3 Å². The van der Waals surface area contributed by atoms with E-state index in [1.807, 2.05) is 43.3 Å². The van der Waals surface area contributed by atoms with Crippen LogP contribution >= 0.6 is 22.6 Å². The number of aromatic nitrogens is 1. The number of fused-ring (bicyclic) bond motifs is 1. The number of rotatable bonds is 4. The predicted octanol–water partition coefficient (Wildman–Crippen LogP) is 3.73. The third kappa shape index (κ3) is 3.68. The molecule has 128 valence electrons. The number of benzene rings is 2. The Hall–Kier alpha value is -2.35. The van der Waals surface area contributed by atoms with Crippen molar-refractivity contribution in [2.24, 2.45) is 0 Å². The monoisotopic (exact) mass is 448 g/mol. The average molecular weight is 448 g/mol. The van der Waals surface area contributed by atoms with E-state index in [0.29, 0.717) is 11.3 Å². The van der Waals surface area contributed by atoms with Gasteiger partial charge in [-0.3, -0.25) is 4.79 Å². The highest BCUT2D eigenvalue weighted by Crippen LogP contribution is 2.22. The van der Waals surface area contributed by atoms with E-state index in [0.717, 1.165) is 20.0 Å². The van der Waals surface area contributed by atoms with Crippen molar-refractivity contribution in [3.05, 3.63) is 68.9 Å². The largest absolute Gasteiger partial charge is 0.467 e. The summed E-state index contributed by atoms with van der Waals surface area (Å²) in [5.41, 5.74) is 3.09. The molecule has 0 aliphatic carbocycles. The molecule has 0 radical (unpaired) electrons. The van der Waals surface area contributed by atoms with Gasteiger partial charge in [-0.2, -0.15) is 0 Å². The molecule has 3 aromatic rings. The summed E-state index contributed by atoms with van der Waals surface area (Å²) in [6.07, 6.45) is 0. The van der Waals surface area contributed by atoms with E-state index in [-0.39, 0.29) is 5.91 Å². The number of amides is 1. The first-order valence-corrected chi connectivity index (χ1v) is 8.80. The fraction of sp³-hybridized carbons (Fsp3) is 0.158. The molecular formula is C19H17IN2O3. The quantitative estimate of drug-likeness (QED) is 0.472. The number of ether oxygens (including phenoxy) is 1. The van der Waals surface area contributed by atoms with Gasteiger partial charge in [0.15, 0.2) is 6.04 Å². The Kier molecular flexibility index (Phi) is 5.08. The van der Waals surface area contributed by atoms with Crippen molar-refractivity contribution in [2.75, 3.05) is 7.11 Å². The van der Waals surface area contributed by atoms with Crippen LogP contribution in [0, 0.1) is 10.5 Å². The van der Waals surface area contributed by atoms with Crippen molar-refractivity contribution >= 4 is 45.4 Å². The fourth-order valence-electron chi connectivity index (χ4n) is 2.66. The summed E-state index contributed by atoms with van der Waals surface area (Å²) < 4.78 is 5.74. The van der Waals surface area contributed by atoms with Gasteiger partial charge in [0, 0.05) is 14.5 Å². The molecule has 25 heavy (non-hydrogen) atoms. The molecule has 1 aromatic heterocycles. The Morgan fingerprint density at radius 1 is 1.16 bits per heavy atom. The number of carbonyl (C=O) groups excluding carboxylic acids is 2. The van der Waals surface area contributed by atoms with Crippen LogP contribution in [-0.4, -0.2) is 24.0 Å². The number of nitrogens with one attached hydrogen (secondary N) is 2. The van der Waals surface area contributed by atoms with Crippen molar-refractivity contribution in [3.63, 3.8) is 0 Å². The summed E-state index contributed by atoms with van der Waals surface area (Å²) in [7, 11) is 1.31. The SMILES string of the molecule is COC(=O)C(NC(=O)c1cc2ccc(C)cc2[nH]1)c1ccccc1I. The highest BCUT2D eigenvalue weighted by molar-refractivity contribution is 14.1. The van der Waals surface area contributed by atoms with Gasteiger partial charge in [-0.15, -0.1) is 0 Å². The van der Waals surface area contributed by atoms with Crippen LogP contribution in [0.15, 0.2) is 48.5 Å². The topological polar surface area (TPSA) is 71.2 Å². The second kappa shape index (κ2) is 7.26. The van der Waals surface area contributed by atoms with E-state index < -0.39 is 12.0 Å². The van der Waals surface area contributed by atoms with Gasteiger partial charge >= 0.3 is 5.97 Å². The van der Waals surface area contributed by atoms with Gasteiger partial charge in [0.1, 0.15) is 5.69 Å². The Morgan fingerprint density at radius 2 is 1.92 bits per heavy atom. The van der Waals surface area contributed by atoms with Crippen LogP contribution < -0.4 is 5.32 Å². The van der Waals surface area contributed by atoms with Crippen LogP contribution in [0.4, 0.5) is 0 Å². The molecular weight excluding hydrogens is 431 g/mol. The van der Waals surface area contributed by atoms with Crippen molar-refractivity contribution in [3.8, 4) is 0 Å². The van der Waals surface area contributed by atoms with Crippen LogP contribution in [-0.2, 0) is 9.53 Å². The van der Waals surface area contributed by atoms with E-state index >= 15 is 0 Å². The lowest BCUT2D eigenvalue weighted by Gasteiger charge is -2.17. The standard InChI is InChI=1S/C19H17IN2O3/c1-11-7-8-12-10-16(21-15(12)9-11)18(23)22-17(19(24)25-2)13-5-3-4-6-14(13)20/h3-10,17,21H,1-2H3,(H,22,23). The molecule has 1 atom stereocenters. The third-order valence-corrected chi connectivity index (χ3v) is 4.93. The number of H-pyrrole nitrogens is 1. The van der Waals surface area contributed by atoms with Gasteiger partial charge in [0.05, 0.1) is 7.11 Å². The lowest BCUT2D eigenvalue weighted by Crippen LogP contribution is -2.35. The Labute approximate surface area is 158 Å². The van der Waals surface area contributed by atoms with E-state index in [9.17, 15) is 9.59 Å². The molecule has 0 saturated carbocycles. The molecule has 0 aliphatic rings. The molecule has 0 spiro atoms. The van der Waals surface area contributed by atoms with Crippen molar-refractivity contribution in [2.45, 2.75) is 13.0 Å². The lowest BCUT2D eigenvalue weighted by molar-refractivity contribution is -0.143. The number of methoxy groups -OCH3 is 1. The minimum absolute atomic E-state index is 0.357. The second-order valence-corrected chi connectivity index (χ2v) is 6.89. The maximum absolute atomic E-state index is 12.7. The zero-order valence-electron chi connectivity index (χ0n) is 13.8. The van der Waals surface area contributed by atoms with Crippen molar-refractivity contribution in [1.29, 1.82) is 0 Å². The maximum Gasteiger partial charge on any atom is 0.333 e. The fourth-order valence-corrected chi connectivity index (χ4v) is 3.36. The highest BCUT2D eigenvalue weighted by Gasteiger charge is 2.26. The first-order valence-electron chi connectivity index (χ1n) is 7.72. The molecule has 0 fully saturated rings. The third-order valence-electron chi connectivity index (χ3n) is 3.95. The van der Waals surface area contributed by atoms with Gasteiger partial charge in [-0.05, 0) is 58.8 Å². The molecule has 2 aromatic carbocycles. The Bertz CT molecular complexity index is 949. The Morgan fingerprint density at radius 3 is 2.64 bits per heavy atom. The first-order chi connectivity index (χ1) is 12.0. The molecule has 1 heterocycles. The van der Waals surface area contributed by atoms with Crippen LogP contribution in [0.3, 0.4) is 0 Å². The lowest BCUT2D eigenvalue weighted by atomic mass is 10.1. The Balaban J connectivity index is 1.91. The number of hydrogen-bond acceptors (Lipinski definition) is 3. The minimum Gasteiger partial charge on any atom is -0.467 e. The average Bonchev–Trinajstić information content (AvgIpc) is 3.03. The van der Waals surface area contributed by atoms with Crippen LogP contribution in [0.1, 0.15) is 27.7 Å². The minimum atomic E-state index is -0.862.